The van der Waals surface area contributed by atoms with Gasteiger partial charge in [-0.1, -0.05) is 47.0 Å². The monoisotopic (exact) mass is 343 g/mol. The number of benzene rings is 1. The van der Waals surface area contributed by atoms with Gasteiger partial charge in [0.25, 0.3) is 0 Å². The number of ether oxygens (including phenoxy) is 1. The van der Waals surface area contributed by atoms with Crippen LogP contribution in [0.1, 0.15) is 0 Å². The second kappa shape index (κ2) is 4.46. The molecule has 0 radical (unpaired) electrons. The van der Waals surface area contributed by atoms with Crippen molar-refractivity contribution in [2.24, 2.45) is 11.8 Å². The van der Waals surface area contributed by atoms with E-state index in [0.717, 1.165) is 4.90 Å². The van der Waals surface area contributed by atoms with Crippen LogP contribution in [-0.2, 0) is 14.3 Å². The molecule has 1 aromatic rings. The van der Waals surface area contributed by atoms with Crippen LogP contribution in [-0.4, -0.2) is 24.0 Å². The van der Waals surface area contributed by atoms with Crippen molar-refractivity contribution in [1.29, 1.82) is 0 Å². The summed E-state index contributed by atoms with van der Waals surface area (Å²) >= 11 is 18.0. The molecule has 0 saturated carbocycles. The summed E-state index contributed by atoms with van der Waals surface area (Å²) in [5.41, 5.74) is 0.273. The Bertz CT molecular complexity index is 688. The molecule has 4 nitrogen and oxygen atoms in total. The molecular weight excluding hydrogens is 337 g/mol. The highest BCUT2D eigenvalue weighted by Crippen LogP contribution is 2.48. The number of rotatable bonds is 1. The SMILES string of the molecule is O=C1[C@@H]2[C@H](C(=O)N1c1cc(Cl)c(Cl)cc1Cl)[C@@H]1C=C[C@@H]2O1. The van der Waals surface area contributed by atoms with E-state index in [1.807, 2.05) is 12.2 Å². The van der Waals surface area contributed by atoms with Gasteiger partial charge in [0.15, 0.2) is 0 Å². The van der Waals surface area contributed by atoms with Gasteiger partial charge >= 0.3 is 0 Å². The Morgan fingerprint density at radius 3 is 1.95 bits per heavy atom. The van der Waals surface area contributed by atoms with E-state index in [-0.39, 0.29) is 44.8 Å². The summed E-state index contributed by atoms with van der Waals surface area (Å²) in [7, 11) is 0. The van der Waals surface area contributed by atoms with Crippen LogP contribution in [0.3, 0.4) is 0 Å². The third-order valence-electron chi connectivity index (χ3n) is 4.14. The zero-order valence-corrected chi connectivity index (χ0v) is 12.7. The molecule has 3 heterocycles. The molecule has 108 valence electrons. The molecule has 3 aliphatic heterocycles. The summed E-state index contributed by atoms with van der Waals surface area (Å²) in [4.78, 5) is 26.3. The number of amides is 2. The van der Waals surface area contributed by atoms with Crippen LogP contribution in [0.2, 0.25) is 15.1 Å². The fraction of sp³-hybridized carbons (Fsp3) is 0.286. The molecule has 0 aliphatic carbocycles. The first-order valence-corrected chi connectivity index (χ1v) is 7.48. The second-order valence-corrected chi connectivity index (χ2v) is 6.45. The Balaban J connectivity index is 1.80. The first kappa shape index (κ1) is 13.6. The van der Waals surface area contributed by atoms with E-state index in [1.165, 1.54) is 12.1 Å². The molecule has 0 N–H and O–H groups in total. The largest absolute Gasteiger partial charge is 0.365 e. The number of hydrogen-bond donors (Lipinski definition) is 0. The lowest BCUT2D eigenvalue weighted by Gasteiger charge is -2.19. The quantitative estimate of drug-likeness (QED) is 0.447. The number of fused-ring (bicyclic) bond motifs is 5. The Morgan fingerprint density at radius 1 is 0.857 bits per heavy atom. The number of halogens is 3. The van der Waals surface area contributed by atoms with Crippen LogP contribution in [0.4, 0.5) is 5.69 Å². The molecule has 2 saturated heterocycles. The van der Waals surface area contributed by atoms with Crippen molar-refractivity contribution in [3.8, 4) is 0 Å². The van der Waals surface area contributed by atoms with Gasteiger partial charge in [-0.25, -0.2) is 4.90 Å². The fourth-order valence-electron chi connectivity index (χ4n) is 3.22. The minimum atomic E-state index is -0.474. The predicted octanol–water partition coefficient (Wildman–Crippen LogP) is 3.09. The molecule has 4 atom stereocenters. The normalized spacial score (nSPS) is 33.2. The van der Waals surface area contributed by atoms with Gasteiger partial charge in [0, 0.05) is 0 Å². The highest BCUT2D eigenvalue weighted by Gasteiger charge is 2.61. The van der Waals surface area contributed by atoms with Crippen molar-refractivity contribution in [1.82, 2.24) is 0 Å². The summed E-state index contributed by atoms with van der Waals surface area (Å²) in [6.07, 6.45) is 3.00. The standard InChI is InChI=1S/C14H8Cl3NO3/c15-5-3-7(17)8(4-6(5)16)18-13(19)11-9-1-2-10(21-9)12(11)14(18)20/h1-4,9-12H/t9-,10-,11-,12+/m0/s1. The van der Waals surface area contributed by atoms with E-state index in [1.54, 1.807) is 0 Å². The maximum absolute atomic E-state index is 12.6. The lowest BCUT2D eigenvalue weighted by atomic mass is 9.85. The highest BCUT2D eigenvalue weighted by molar-refractivity contribution is 6.44. The lowest BCUT2D eigenvalue weighted by Crippen LogP contribution is -2.34. The maximum Gasteiger partial charge on any atom is 0.240 e. The van der Waals surface area contributed by atoms with Gasteiger partial charge in [0.1, 0.15) is 0 Å². The third-order valence-corrected chi connectivity index (χ3v) is 5.17. The van der Waals surface area contributed by atoms with Gasteiger partial charge in [0.2, 0.25) is 11.8 Å². The van der Waals surface area contributed by atoms with Crippen LogP contribution in [0, 0.1) is 11.8 Å². The fourth-order valence-corrected chi connectivity index (χ4v) is 3.85. The molecule has 0 unspecified atom stereocenters. The van der Waals surface area contributed by atoms with Crippen molar-refractivity contribution in [3.63, 3.8) is 0 Å². The van der Waals surface area contributed by atoms with E-state index in [4.69, 9.17) is 39.5 Å². The number of carbonyl (C=O) groups excluding carboxylic acids is 2. The summed E-state index contributed by atoms with van der Waals surface area (Å²) in [5.74, 6) is -1.56. The topological polar surface area (TPSA) is 46.6 Å². The molecule has 4 rings (SSSR count). The summed E-state index contributed by atoms with van der Waals surface area (Å²) < 4.78 is 5.58. The zero-order chi connectivity index (χ0) is 14.9. The number of imide groups is 1. The molecule has 2 bridgehead atoms. The van der Waals surface area contributed by atoms with Gasteiger partial charge in [0.05, 0.1) is 44.8 Å². The van der Waals surface area contributed by atoms with Crippen molar-refractivity contribution in [2.45, 2.75) is 12.2 Å². The molecule has 1 aromatic carbocycles. The number of hydrogen-bond acceptors (Lipinski definition) is 3. The third kappa shape index (κ3) is 1.73. The minimum Gasteiger partial charge on any atom is -0.365 e. The average Bonchev–Trinajstić information content (AvgIpc) is 3.09. The highest BCUT2D eigenvalue weighted by atomic mass is 35.5. The molecule has 21 heavy (non-hydrogen) atoms. The summed E-state index contributed by atoms with van der Waals surface area (Å²) in [6, 6.07) is 2.87. The molecule has 2 amide bonds. The van der Waals surface area contributed by atoms with Crippen LogP contribution >= 0.6 is 34.8 Å². The van der Waals surface area contributed by atoms with E-state index >= 15 is 0 Å². The number of anilines is 1. The molecule has 3 aliphatic rings. The van der Waals surface area contributed by atoms with Crippen molar-refractivity contribution in [3.05, 3.63) is 39.4 Å². The van der Waals surface area contributed by atoms with Crippen molar-refractivity contribution in [2.75, 3.05) is 4.90 Å². The smallest absolute Gasteiger partial charge is 0.240 e. The van der Waals surface area contributed by atoms with E-state index < -0.39 is 11.8 Å². The van der Waals surface area contributed by atoms with E-state index in [2.05, 4.69) is 0 Å². The second-order valence-electron chi connectivity index (χ2n) is 5.23. The minimum absolute atomic E-state index is 0.215. The first-order chi connectivity index (χ1) is 9.99. The Morgan fingerprint density at radius 2 is 1.38 bits per heavy atom. The molecular formula is C14H8Cl3NO3. The van der Waals surface area contributed by atoms with E-state index in [9.17, 15) is 9.59 Å². The van der Waals surface area contributed by atoms with Crippen LogP contribution in [0.25, 0.3) is 0 Å². The van der Waals surface area contributed by atoms with Crippen molar-refractivity contribution < 1.29 is 14.3 Å². The molecule has 7 heteroatoms. The van der Waals surface area contributed by atoms with Gasteiger partial charge in [-0.15, -0.1) is 0 Å². The summed E-state index contributed by atoms with van der Waals surface area (Å²) in [5, 5.41) is 0.730. The first-order valence-electron chi connectivity index (χ1n) is 6.35. The van der Waals surface area contributed by atoms with Gasteiger partial charge in [-0.2, -0.15) is 0 Å². The van der Waals surface area contributed by atoms with Crippen LogP contribution in [0.5, 0.6) is 0 Å². The number of nitrogens with zero attached hydrogens (tertiary/aromatic N) is 1. The Hall–Kier alpha value is -1.07. The van der Waals surface area contributed by atoms with Gasteiger partial charge in [-0.3, -0.25) is 9.59 Å². The van der Waals surface area contributed by atoms with Crippen LogP contribution < -0.4 is 4.90 Å². The number of carbonyl (C=O) groups is 2. The molecule has 0 spiro atoms. The zero-order valence-electron chi connectivity index (χ0n) is 10.4. The van der Waals surface area contributed by atoms with Crippen molar-refractivity contribution >= 4 is 52.3 Å². The average molecular weight is 345 g/mol. The Labute approximate surface area is 135 Å². The molecule has 2 fully saturated rings. The van der Waals surface area contributed by atoms with Crippen LogP contribution in [0.15, 0.2) is 24.3 Å². The van der Waals surface area contributed by atoms with Gasteiger partial charge < -0.3 is 4.74 Å². The Kier molecular flexibility index (Phi) is 2.89. The maximum atomic E-state index is 12.6. The van der Waals surface area contributed by atoms with E-state index in [0.29, 0.717) is 0 Å². The predicted molar refractivity (Wildman–Crippen MR) is 78.7 cm³/mol. The lowest BCUT2D eigenvalue weighted by molar-refractivity contribution is -0.124. The summed E-state index contributed by atoms with van der Waals surface area (Å²) in [6.45, 7) is 0. The van der Waals surface area contributed by atoms with Gasteiger partial charge in [-0.05, 0) is 12.1 Å². The molecule has 0 aromatic heterocycles.